The third-order valence-electron chi connectivity index (χ3n) is 3.28. The molecule has 0 spiro atoms. The van der Waals surface area contributed by atoms with E-state index in [0.717, 1.165) is 17.7 Å². The van der Waals surface area contributed by atoms with Crippen LogP contribution in [0.1, 0.15) is 18.1 Å². The summed E-state index contributed by atoms with van der Waals surface area (Å²) in [6.45, 7) is 5.22. The van der Waals surface area contributed by atoms with E-state index in [-0.39, 0.29) is 16.7 Å². The summed E-state index contributed by atoms with van der Waals surface area (Å²) in [6, 6.07) is 7.29. The molecule has 0 aliphatic carbocycles. The Labute approximate surface area is 117 Å². The van der Waals surface area contributed by atoms with Gasteiger partial charge in [-0.3, -0.25) is 14.8 Å². The fourth-order valence-corrected chi connectivity index (χ4v) is 2.10. The lowest BCUT2D eigenvalue weighted by atomic mass is 10.1. The smallest absolute Gasteiger partial charge is 0.272 e. The third-order valence-corrected chi connectivity index (χ3v) is 3.28. The zero-order chi connectivity index (χ0) is 14.5. The summed E-state index contributed by atoms with van der Waals surface area (Å²) in [6.07, 6.45) is 3.66. The molecule has 6 heteroatoms. The van der Waals surface area contributed by atoms with Crippen LogP contribution in [0.15, 0.2) is 36.7 Å². The monoisotopic (exact) mass is 274 g/mol. The van der Waals surface area contributed by atoms with Gasteiger partial charge in [0.2, 0.25) is 0 Å². The van der Waals surface area contributed by atoms with E-state index in [9.17, 15) is 10.1 Å². The molecule has 0 saturated heterocycles. The number of benzene rings is 1. The highest BCUT2D eigenvalue weighted by atomic mass is 16.6. The normalized spacial score (nSPS) is 12.3. The van der Waals surface area contributed by atoms with Gasteiger partial charge in [-0.1, -0.05) is 12.1 Å². The number of hydrogen-bond donors (Lipinski definition) is 1. The topological polar surface area (TPSA) is 73.0 Å². The summed E-state index contributed by atoms with van der Waals surface area (Å²) in [5.41, 5.74) is 1.84. The molecule has 1 aromatic carbocycles. The van der Waals surface area contributed by atoms with E-state index >= 15 is 0 Å². The maximum Gasteiger partial charge on any atom is 0.272 e. The maximum atomic E-state index is 10.9. The van der Waals surface area contributed by atoms with Crippen LogP contribution in [-0.2, 0) is 13.1 Å². The maximum absolute atomic E-state index is 10.9. The molecule has 1 atom stereocenters. The van der Waals surface area contributed by atoms with E-state index in [1.807, 2.05) is 23.0 Å². The summed E-state index contributed by atoms with van der Waals surface area (Å²) in [4.78, 5) is 10.6. The van der Waals surface area contributed by atoms with Gasteiger partial charge in [-0.15, -0.1) is 0 Å². The summed E-state index contributed by atoms with van der Waals surface area (Å²) in [7, 11) is 0. The Morgan fingerprint density at radius 1 is 1.45 bits per heavy atom. The fourth-order valence-electron chi connectivity index (χ4n) is 2.10. The highest BCUT2D eigenvalue weighted by molar-refractivity contribution is 5.44. The summed E-state index contributed by atoms with van der Waals surface area (Å²) >= 11 is 0. The van der Waals surface area contributed by atoms with Gasteiger partial charge in [-0.25, -0.2) is 0 Å². The van der Waals surface area contributed by atoms with Crippen molar-refractivity contribution in [1.29, 1.82) is 0 Å². The number of rotatable bonds is 6. The lowest BCUT2D eigenvalue weighted by molar-refractivity contribution is -0.385. The Morgan fingerprint density at radius 2 is 2.25 bits per heavy atom. The molecule has 0 bridgehead atoms. The van der Waals surface area contributed by atoms with Crippen molar-refractivity contribution < 1.29 is 4.92 Å². The third kappa shape index (κ3) is 3.42. The fraction of sp³-hybridized carbons (Fsp3) is 0.357. The average molecular weight is 274 g/mol. The molecule has 1 aromatic heterocycles. The Balaban J connectivity index is 1.97. The summed E-state index contributed by atoms with van der Waals surface area (Å²) in [5.74, 6) is 0. The van der Waals surface area contributed by atoms with E-state index in [1.54, 1.807) is 19.2 Å². The van der Waals surface area contributed by atoms with Crippen LogP contribution in [0.3, 0.4) is 0 Å². The zero-order valence-corrected chi connectivity index (χ0v) is 11.6. The highest BCUT2D eigenvalue weighted by Gasteiger charge is 2.13. The van der Waals surface area contributed by atoms with Crippen LogP contribution in [0, 0.1) is 17.0 Å². The van der Waals surface area contributed by atoms with Crippen LogP contribution in [0.5, 0.6) is 0 Å². The first kappa shape index (κ1) is 14.2. The molecule has 1 N–H and O–H groups in total. The zero-order valence-electron chi connectivity index (χ0n) is 11.6. The Kier molecular flexibility index (Phi) is 4.47. The molecule has 1 heterocycles. The van der Waals surface area contributed by atoms with E-state index in [4.69, 9.17) is 0 Å². The first-order valence-corrected chi connectivity index (χ1v) is 6.51. The Morgan fingerprint density at radius 3 is 2.90 bits per heavy atom. The van der Waals surface area contributed by atoms with Gasteiger partial charge in [0.15, 0.2) is 0 Å². The second-order valence-corrected chi connectivity index (χ2v) is 4.83. The van der Waals surface area contributed by atoms with Gasteiger partial charge in [0.1, 0.15) is 0 Å². The van der Waals surface area contributed by atoms with Crippen molar-refractivity contribution in [3.63, 3.8) is 0 Å². The molecular weight excluding hydrogens is 256 g/mol. The molecule has 0 radical (unpaired) electrons. The minimum absolute atomic E-state index is 0.170. The van der Waals surface area contributed by atoms with Crippen LogP contribution in [0.25, 0.3) is 0 Å². The van der Waals surface area contributed by atoms with E-state index in [0.29, 0.717) is 6.54 Å². The van der Waals surface area contributed by atoms with E-state index < -0.39 is 0 Å². The number of nitrogens with one attached hydrogen (secondary N) is 1. The molecule has 2 rings (SSSR count). The summed E-state index contributed by atoms with van der Waals surface area (Å²) in [5, 5.41) is 18.4. The van der Waals surface area contributed by atoms with Crippen LogP contribution in [-0.4, -0.2) is 20.7 Å². The Bertz CT molecular complexity index is 581. The van der Waals surface area contributed by atoms with Crippen LogP contribution < -0.4 is 5.32 Å². The molecule has 0 aliphatic heterocycles. The van der Waals surface area contributed by atoms with Crippen molar-refractivity contribution in [2.75, 3.05) is 0 Å². The predicted molar refractivity (Wildman–Crippen MR) is 76.4 cm³/mol. The van der Waals surface area contributed by atoms with Crippen molar-refractivity contribution in [3.05, 3.63) is 57.9 Å². The van der Waals surface area contributed by atoms with Gasteiger partial charge in [-0.2, -0.15) is 5.10 Å². The first-order chi connectivity index (χ1) is 9.58. The van der Waals surface area contributed by atoms with Gasteiger partial charge in [-0.05, 0) is 25.5 Å². The SMILES string of the molecule is Cc1c(CNC(C)Cn2cccn2)cccc1[N+](=O)[O-]. The van der Waals surface area contributed by atoms with Crippen molar-refractivity contribution in [2.24, 2.45) is 0 Å². The lowest BCUT2D eigenvalue weighted by Crippen LogP contribution is -2.30. The molecule has 2 aromatic rings. The average Bonchev–Trinajstić information content (AvgIpc) is 2.90. The molecule has 20 heavy (non-hydrogen) atoms. The molecule has 106 valence electrons. The number of nitro benzene ring substituents is 1. The van der Waals surface area contributed by atoms with Crippen molar-refractivity contribution in [1.82, 2.24) is 15.1 Å². The van der Waals surface area contributed by atoms with Gasteiger partial charge in [0, 0.05) is 36.6 Å². The minimum atomic E-state index is -0.341. The summed E-state index contributed by atoms with van der Waals surface area (Å²) < 4.78 is 1.86. The van der Waals surface area contributed by atoms with Gasteiger partial charge >= 0.3 is 0 Å². The standard InChI is InChI=1S/C14H18N4O2/c1-11(10-17-8-4-7-16-17)15-9-13-5-3-6-14(12(13)2)18(19)20/h3-8,11,15H,9-10H2,1-2H3. The van der Waals surface area contributed by atoms with Gasteiger partial charge in [0.25, 0.3) is 5.69 Å². The number of hydrogen-bond acceptors (Lipinski definition) is 4. The molecule has 0 aliphatic rings. The van der Waals surface area contributed by atoms with Crippen molar-refractivity contribution in [3.8, 4) is 0 Å². The second-order valence-electron chi connectivity index (χ2n) is 4.83. The number of nitro groups is 1. The molecule has 0 saturated carbocycles. The molecule has 1 unspecified atom stereocenters. The van der Waals surface area contributed by atoms with E-state index in [2.05, 4.69) is 17.3 Å². The van der Waals surface area contributed by atoms with Crippen LogP contribution in [0.4, 0.5) is 5.69 Å². The van der Waals surface area contributed by atoms with Gasteiger partial charge < -0.3 is 5.32 Å². The predicted octanol–water partition coefficient (Wildman–Crippen LogP) is 2.28. The quantitative estimate of drug-likeness (QED) is 0.648. The minimum Gasteiger partial charge on any atom is -0.308 e. The van der Waals surface area contributed by atoms with Crippen LogP contribution >= 0.6 is 0 Å². The van der Waals surface area contributed by atoms with Crippen molar-refractivity contribution in [2.45, 2.75) is 33.0 Å². The molecular formula is C14H18N4O2. The number of nitrogens with zero attached hydrogens (tertiary/aromatic N) is 3. The largest absolute Gasteiger partial charge is 0.308 e. The van der Waals surface area contributed by atoms with Crippen molar-refractivity contribution >= 4 is 5.69 Å². The second kappa shape index (κ2) is 6.29. The molecule has 0 amide bonds. The Hall–Kier alpha value is -2.21. The number of aromatic nitrogens is 2. The van der Waals surface area contributed by atoms with Crippen LogP contribution in [0.2, 0.25) is 0 Å². The van der Waals surface area contributed by atoms with E-state index in [1.165, 1.54) is 6.07 Å². The molecule has 0 fully saturated rings. The van der Waals surface area contributed by atoms with Gasteiger partial charge in [0.05, 0.1) is 11.5 Å². The first-order valence-electron chi connectivity index (χ1n) is 6.51. The molecule has 6 nitrogen and oxygen atoms in total. The highest BCUT2D eigenvalue weighted by Crippen LogP contribution is 2.20. The lowest BCUT2D eigenvalue weighted by Gasteiger charge is -2.15.